The summed E-state index contributed by atoms with van der Waals surface area (Å²) in [4.78, 5) is 14.2. The SMILES string of the molecule is CC.CC(F)(F)C(C)(C)C(=O)N1CCC=CC1c1ccccc1. The van der Waals surface area contributed by atoms with Gasteiger partial charge >= 0.3 is 0 Å². The van der Waals surface area contributed by atoms with Crippen LogP contribution in [-0.2, 0) is 4.79 Å². The number of amides is 1. The molecule has 1 amide bonds. The quantitative estimate of drug-likeness (QED) is 0.698. The lowest BCUT2D eigenvalue weighted by molar-refractivity contribution is -0.164. The maximum Gasteiger partial charge on any atom is 0.259 e. The average Bonchev–Trinajstić information content (AvgIpc) is 2.56. The molecule has 0 fully saturated rings. The summed E-state index contributed by atoms with van der Waals surface area (Å²) in [5.74, 6) is -3.57. The zero-order valence-corrected chi connectivity index (χ0v) is 14.6. The van der Waals surface area contributed by atoms with Crippen LogP contribution in [0.2, 0.25) is 0 Å². The van der Waals surface area contributed by atoms with Crippen LogP contribution in [0.1, 0.15) is 52.6 Å². The zero-order chi connectivity index (χ0) is 17.7. The van der Waals surface area contributed by atoms with Gasteiger partial charge in [-0.15, -0.1) is 0 Å². The molecule has 1 aromatic rings. The van der Waals surface area contributed by atoms with Gasteiger partial charge in [-0.3, -0.25) is 4.79 Å². The molecule has 0 saturated heterocycles. The van der Waals surface area contributed by atoms with Crippen LogP contribution in [0.5, 0.6) is 0 Å². The number of hydrogen-bond acceptors (Lipinski definition) is 1. The minimum Gasteiger partial charge on any atom is -0.331 e. The van der Waals surface area contributed by atoms with E-state index in [4.69, 9.17) is 0 Å². The van der Waals surface area contributed by atoms with E-state index in [2.05, 4.69) is 0 Å². The number of halogens is 2. The van der Waals surface area contributed by atoms with E-state index >= 15 is 0 Å². The van der Waals surface area contributed by atoms with E-state index < -0.39 is 17.2 Å². The van der Waals surface area contributed by atoms with Crippen LogP contribution in [0.15, 0.2) is 42.5 Å². The fourth-order valence-electron chi connectivity index (χ4n) is 2.40. The first-order chi connectivity index (χ1) is 10.7. The van der Waals surface area contributed by atoms with E-state index in [0.29, 0.717) is 13.0 Å². The number of alkyl halides is 2. The monoisotopic (exact) mass is 323 g/mol. The number of carbonyl (C=O) groups is 1. The Morgan fingerprint density at radius 3 is 2.22 bits per heavy atom. The Bertz CT molecular complexity index is 532. The van der Waals surface area contributed by atoms with E-state index in [1.165, 1.54) is 13.8 Å². The van der Waals surface area contributed by atoms with Gasteiger partial charge in [0.05, 0.1) is 6.04 Å². The van der Waals surface area contributed by atoms with Crippen molar-refractivity contribution in [2.45, 2.75) is 53.0 Å². The summed E-state index contributed by atoms with van der Waals surface area (Å²) in [6, 6.07) is 9.23. The topological polar surface area (TPSA) is 20.3 Å². The van der Waals surface area contributed by atoms with E-state index in [0.717, 1.165) is 12.5 Å². The third kappa shape index (κ3) is 4.18. The summed E-state index contributed by atoms with van der Waals surface area (Å²) in [5.41, 5.74) is -0.775. The smallest absolute Gasteiger partial charge is 0.259 e. The first-order valence-corrected chi connectivity index (χ1v) is 8.15. The van der Waals surface area contributed by atoms with Crippen molar-refractivity contribution in [3.8, 4) is 0 Å². The molecule has 1 atom stereocenters. The van der Waals surface area contributed by atoms with Gasteiger partial charge < -0.3 is 4.90 Å². The molecule has 1 aliphatic heterocycles. The summed E-state index contributed by atoms with van der Waals surface area (Å²) in [6.45, 7) is 7.90. The van der Waals surface area contributed by atoms with Crippen LogP contribution >= 0.6 is 0 Å². The van der Waals surface area contributed by atoms with Crippen molar-refractivity contribution in [2.24, 2.45) is 5.41 Å². The van der Waals surface area contributed by atoms with Gasteiger partial charge in [-0.2, -0.15) is 0 Å². The van der Waals surface area contributed by atoms with Crippen molar-refractivity contribution < 1.29 is 13.6 Å². The number of nitrogens with zero attached hydrogens (tertiary/aromatic N) is 1. The lowest BCUT2D eigenvalue weighted by atomic mass is 9.83. The normalized spacial score (nSPS) is 18.2. The summed E-state index contributed by atoms with van der Waals surface area (Å²) in [5, 5.41) is 0. The molecule has 1 heterocycles. The van der Waals surface area contributed by atoms with Crippen molar-refractivity contribution in [1.29, 1.82) is 0 Å². The van der Waals surface area contributed by atoms with Gasteiger partial charge in [0, 0.05) is 13.5 Å². The molecule has 0 radical (unpaired) electrons. The minimum atomic E-state index is -3.06. The Hall–Kier alpha value is -1.71. The lowest BCUT2D eigenvalue weighted by Crippen LogP contribution is -2.51. The number of carbonyl (C=O) groups excluding carboxylic acids is 1. The largest absolute Gasteiger partial charge is 0.331 e. The van der Waals surface area contributed by atoms with E-state index in [-0.39, 0.29) is 6.04 Å². The van der Waals surface area contributed by atoms with Gasteiger partial charge in [-0.05, 0) is 25.8 Å². The van der Waals surface area contributed by atoms with Crippen LogP contribution in [0.4, 0.5) is 8.78 Å². The second-order valence-corrected chi connectivity index (χ2v) is 6.08. The second kappa shape index (κ2) is 7.71. The molecule has 1 aliphatic rings. The molecule has 0 saturated carbocycles. The molecule has 0 aliphatic carbocycles. The van der Waals surface area contributed by atoms with Crippen LogP contribution in [0.3, 0.4) is 0 Å². The first kappa shape index (κ1) is 19.3. The molecule has 128 valence electrons. The summed E-state index contributed by atoms with van der Waals surface area (Å²) in [7, 11) is 0. The maximum absolute atomic E-state index is 13.8. The predicted octanol–water partition coefficient (Wildman–Crippen LogP) is 5.22. The Kier molecular flexibility index (Phi) is 6.48. The molecule has 0 N–H and O–H groups in total. The van der Waals surface area contributed by atoms with Crippen LogP contribution in [0.25, 0.3) is 0 Å². The molecule has 0 bridgehead atoms. The summed E-state index contributed by atoms with van der Waals surface area (Å²) < 4.78 is 27.5. The van der Waals surface area contributed by atoms with Crippen molar-refractivity contribution >= 4 is 5.91 Å². The molecule has 0 spiro atoms. The van der Waals surface area contributed by atoms with Gasteiger partial charge in [0.1, 0.15) is 5.41 Å². The molecule has 4 heteroatoms. The van der Waals surface area contributed by atoms with Crippen LogP contribution in [0, 0.1) is 5.41 Å². The van der Waals surface area contributed by atoms with Crippen molar-refractivity contribution in [3.63, 3.8) is 0 Å². The maximum atomic E-state index is 13.8. The molecule has 1 aromatic carbocycles. The van der Waals surface area contributed by atoms with Crippen molar-refractivity contribution in [1.82, 2.24) is 4.90 Å². The van der Waals surface area contributed by atoms with Gasteiger partial charge in [0.15, 0.2) is 0 Å². The van der Waals surface area contributed by atoms with Crippen molar-refractivity contribution in [3.05, 3.63) is 48.0 Å². The highest BCUT2D eigenvalue weighted by Gasteiger charge is 2.50. The molecule has 1 unspecified atom stereocenters. The van der Waals surface area contributed by atoms with Gasteiger partial charge in [0.2, 0.25) is 5.91 Å². The van der Waals surface area contributed by atoms with Crippen LogP contribution < -0.4 is 0 Å². The fourth-order valence-corrected chi connectivity index (χ4v) is 2.40. The molecule has 2 nitrogen and oxygen atoms in total. The molecule has 0 aromatic heterocycles. The summed E-state index contributed by atoms with van der Waals surface area (Å²) in [6.07, 6.45) is 4.61. The van der Waals surface area contributed by atoms with Crippen molar-refractivity contribution in [2.75, 3.05) is 6.54 Å². The predicted molar refractivity (Wildman–Crippen MR) is 90.4 cm³/mol. The lowest BCUT2D eigenvalue weighted by Gasteiger charge is -2.40. The van der Waals surface area contributed by atoms with E-state index in [1.807, 2.05) is 56.3 Å². The third-order valence-electron chi connectivity index (χ3n) is 4.22. The fraction of sp³-hybridized carbons (Fsp3) is 0.526. The van der Waals surface area contributed by atoms with E-state index in [1.54, 1.807) is 4.90 Å². The first-order valence-electron chi connectivity index (χ1n) is 8.15. The Balaban J connectivity index is 0.00000127. The number of benzene rings is 1. The third-order valence-corrected chi connectivity index (χ3v) is 4.22. The summed E-state index contributed by atoms with van der Waals surface area (Å²) >= 11 is 0. The van der Waals surface area contributed by atoms with Crippen LogP contribution in [-0.4, -0.2) is 23.3 Å². The average molecular weight is 323 g/mol. The second-order valence-electron chi connectivity index (χ2n) is 6.08. The van der Waals surface area contributed by atoms with Gasteiger partial charge in [0.25, 0.3) is 5.92 Å². The number of rotatable bonds is 3. The molecular formula is C19H27F2NO. The van der Waals surface area contributed by atoms with Gasteiger partial charge in [-0.25, -0.2) is 8.78 Å². The Morgan fingerprint density at radius 2 is 1.70 bits per heavy atom. The van der Waals surface area contributed by atoms with E-state index in [9.17, 15) is 13.6 Å². The Labute approximate surface area is 138 Å². The number of hydrogen-bond donors (Lipinski definition) is 0. The zero-order valence-electron chi connectivity index (χ0n) is 14.6. The molecule has 23 heavy (non-hydrogen) atoms. The minimum absolute atomic E-state index is 0.269. The highest BCUT2D eigenvalue weighted by molar-refractivity contribution is 5.84. The molecule has 2 rings (SSSR count). The highest BCUT2D eigenvalue weighted by Crippen LogP contribution is 2.40. The Morgan fingerprint density at radius 1 is 1.13 bits per heavy atom. The molecular weight excluding hydrogens is 296 g/mol. The van der Waals surface area contributed by atoms with Gasteiger partial charge in [-0.1, -0.05) is 56.3 Å². The standard InChI is InChI=1S/C17H21F2NO.C2H6/c1-16(2,17(3,18)19)15(21)20-12-8-7-11-14(20)13-9-5-4-6-10-13;1-2/h4-7,9-11,14H,8,12H2,1-3H3;1-2H3. The highest BCUT2D eigenvalue weighted by atomic mass is 19.3.